The van der Waals surface area contributed by atoms with Gasteiger partial charge in [-0.15, -0.1) is 11.6 Å². The number of rotatable bonds is 2. The van der Waals surface area contributed by atoms with E-state index >= 15 is 0 Å². The van der Waals surface area contributed by atoms with Gasteiger partial charge in [-0.2, -0.15) is 0 Å². The molecule has 1 atom stereocenters. The second-order valence-electron chi connectivity index (χ2n) is 4.24. The van der Waals surface area contributed by atoms with Crippen LogP contribution in [-0.2, 0) is 0 Å². The summed E-state index contributed by atoms with van der Waals surface area (Å²) in [7, 11) is 0. The number of hydrogen-bond donors (Lipinski definition) is 1. The first-order valence-corrected chi connectivity index (χ1v) is 6.37. The van der Waals surface area contributed by atoms with Crippen LogP contribution in [0.15, 0.2) is 59.4 Å². The van der Waals surface area contributed by atoms with Crippen LogP contribution in [0.4, 0.5) is 0 Å². The first-order chi connectivity index (χ1) is 9.25. The van der Waals surface area contributed by atoms with Gasteiger partial charge in [0, 0.05) is 0 Å². The molecule has 0 saturated heterocycles. The van der Waals surface area contributed by atoms with Crippen molar-refractivity contribution in [1.29, 1.82) is 0 Å². The van der Waals surface area contributed by atoms with E-state index in [1.807, 2.05) is 54.6 Å². The molecule has 0 radical (unpaired) electrons. The number of benzene rings is 2. The molecule has 0 aliphatic rings. The third kappa shape index (κ3) is 2.25. The van der Waals surface area contributed by atoms with Crippen molar-refractivity contribution in [1.82, 2.24) is 9.97 Å². The van der Waals surface area contributed by atoms with Crippen molar-refractivity contribution in [2.24, 2.45) is 0 Å². The predicted octanol–water partition coefficient (Wildman–Crippen LogP) is 3.25. The van der Waals surface area contributed by atoms with Crippen LogP contribution in [0.2, 0.25) is 0 Å². The summed E-state index contributed by atoms with van der Waals surface area (Å²) in [6.45, 7) is 0. The summed E-state index contributed by atoms with van der Waals surface area (Å²) in [5.41, 5.74) is 2.39. The molecule has 2 aromatic carbocycles. The monoisotopic (exact) mass is 270 g/mol. The molecule has 0 fully saturated rings. The van der Waals surface area contributed by atoms with Gasteiger partial charge in [-0.25, -0.2) is 4.98 Å². The van der Waals surface area contributed by atoms with Crippen molar-refractivity contribution < 1.29 is 0 Å². The molecule has 0 unspecified atom stereocenters. The number of para-hydroxylation sites is 2. The molecule has 0 saturated carbocycles. The molecular formula is C15H11ClN2O. The van der Waals surface area contributed by atoms with Gasteiger partial charge in [0.05, 0.1) is 11.0 Å². The Hall–Kier alpha value is -2.13. The van der Waals surface area contributed by atoms with E-state index in [2.05, 4.69) is 9.97 Å². The van der Waals surface area contributed by atoms with E-state index in [-0.39, 0.29) is 5.56 Å². The molecule has 1 heterocycles. The molecule has 4 heteroatoms. The van der Waals surface area contributed by atoms with Crippen molar-refractivity contribution in [3.05, 3.63) is 76.2 Å². The minimum Gasteiger partial charge on any atom is -0.319 e. The lowest BCUT2D eigenvalue weighted by Crippen LogP contribution is -2.17. The van der Waals surface area contributed by atoms with Crippen molar-refractivity contribution >= 4 is 22.6 Å². The number of aromatic nitrogens is 2. The van der Waals surface area contributed by atoms with E-state index in [0.717, 1.165) is 11.1 Å². The summed E-state index contributed by atoms with van der Waals surface area (Å²) in [5.74, 6) is 0. The molecule has 1 N–H and O–H groups in total. The summed E-state index contributed by atoms with van der Waals surface area (Å²) >= 11 is 6.35. The Kier molecular flexibility index (Phi) is 3.05. The Labute approximate surface area is 114 Å². The van der Waals surface area contributed by atoms with E-state index < -0.39 is 5.38 Å². The molecule has 94 valence electrons. The third-order valence-corrected chi connectivity index (χ3v) is 3.42. The molecule has 0 aliphatic heterocycles. The summed E-state index contributed by atoms with van der Waals surface area (Å²) < 4.78 is 0. The normalized spacial score (nSPS) is 12.5. The summed E-state index contributed by atoms with van der Waals surface area (Å²) in [6.07, 6.45) is 0. The molecule has 0 amide bonds. The van der Waals surface area contributed by atoms with Crippen LogP contribution in [0.25, 0.3) is 11.0 Å². The lowest BCUT2D eigenvalue weighted by atomic mass is 10.1. The molecule has 3 nitrogen and oxygen atoms in total. The van der Waals surface area contributed by atoms with E-state index in [4.69, 9.17) is 11.6 Å². The first kappa shape index (κ1) is 11.9. The van der Waals surface area contributed by atoms with Crippen LogP contribution in [-0.4, -0.2) is 9.97 Å². The molecular weight excluding hydrogens is 260 g/mol. The maximum atomic E-state index is 12.0. The number of nitrogens with zero attached hydrogens (tertiary/aromatic N) is 1. The summed E-state index contributed by atoms with van der Waals surface area (Å²) in [5, 5.41) is -0.547. The Bertz CT molecular complexity index is 768. The molecule has 0 spiro atoms. The summed E-state index contributed by atoms with van der Waals surface area (Å²) in [6, 6.07) is 16.9. The van der Waals surface area contributed by atoms with Gasteiger partial charge in [0.2, 0.25) is 0 Å². The lowest BCUT2D eigenvalue weighted by molar-refractivity contribution is 0.999. The van der Waals surface area contributed by atoms with Crippen molar-refractivity contribution in [3.8, 4) is 0 Å². The minimum absolute atomic E-state index is 0.248. The quantitative estimate of drug-likeness (QED) is 0.727. The minimum atomic E-state index is -0.547. The van der Waals surface area contributed by atoms with Crippen molar-refractivity contribution in [2.45, 2.75) is 5.38 Å². The molecule has 3 rings (SSSR count). The Morgan fingerprint density at radius 2 is 1.68 bits per heavy atom. The average molecular weight is 271 g/mol. The number of hydrogen-bond acceptors (Lipinski definition) is 2. The number of H-pyrrole nitrogens is 1. The number of aromatic amines is 1. The van der Waals surface area contributed by atoms with Crippen LogP contribution in [0.5, 0.6) is 0 Å². The van der Waals surface area contributed by atoms with Crippen molar-refractivity contribution in [3.63, 3.8) is 0 Å². The van der Waals surface area contributed by atoms with Crippen LogP contribution in [0.3, 0.4) is 0 Å². The van der Waals surface area contributed by atoms with Crippen molar-refractivity contribution in [2.75, 3.05) is 0 Å². The zero-order valence-corrected chi connectivity index (χ0v) is 10.8. The van der Waals surface area contributed by atoms with Gasteiger partial charge in [-0.05, 0) is 17.7 Å². The predicted molar refractivity (Wildman–Crippen MR) is 76.5 cm³/mol. The lowest BCUT2D eigenvalue weighted by Gasteiger charge is -2.09. The van der Waals surface area contributed by atoms with E-state index in [0.29, 0.717) is 11.2 Å². The molecule has 19 heavy (non-hydrogen) atoms. The smallest absolute Gasteiger partial charge is 0.272 e. The van der Waals surface area contributed by atoms with Crippen LogP contribution >= 0.6 is 11.6 Å². The van der Waals surface area contributed by atoms with Crippen LogP contribution < -0.4 is 5.56 Å². The van der Waals surface area contributed by atoms with Gasteiger partial charge in [-0.1, -0.05) is 42.5 Å². The van der Waals surface area contributed by atoms with Gasteiger partial charge in [0.15, 0.2) is 0 Å². The molecule has 0 bridgehead atoms. The number of alkyl halides is 1. The van der Waals surface area contributed by atoms with Gasteiger partial charge in [0.1, 0.15) is 11.1 Å². The number of nitrogens with one attached hydrogen (secondary N) is 1. The maximum absolute atomic E-state index is 12.0. The number of fused-ring (bicyclic) bond motifs is 1. The van der Waals surface area contributed by atoms with Gasteiger partial charge in [-0.3, -0.25) is 4.79 Å². The highest BCUT2D eigenvalue weighted by molar-refractivity contribution is 6.22. The SMILES string of the molecule is O=c1[nH]c2ccccc2nc1[C@H](Cl)c1ccccc1. The maximum Gasteiger partial charge on any atom is 0.272 e. The summed E-state index contributed by atoms with van der Waals surface area (Å²) in [4.78, 5) is 19.2. The zero-order valence-electron chi connectivity index (χ0n) is 10.0. The highest BCUT2D eigenvalue weighted by Gasteiger charge is 2.16. The van der Waals surface area contributed by atoms with E-state index in [1.54, 1.807) is 0 Å². The Morgan fingerprint density at radius 1 is 1.00 bits per heavy atom. The highest BCUT2D eigenvalue weighted by Crippen LogP contribution is 2.25. The first-order valence-electron chi connectivity index (χ1n) is 5.93. The fraction of sp³-hybridized carbons (Fsp3) is 0.0667. The molecule has 0 aliphatic carbocycles. The van der Waals surface area contributed by atoms with Gasteiger partial charge >= 0.3 is 0 Å². The fourth-order valence-corrected chi connectivity index (χ4v) is 2.29. The third-order valence-electron chi connectivity index (χ3n) is 2.96. The topological polar surface area (TPSA) is 45.8 Å². The van der Waals surface area contributed by atoms with Gasteiger partial charge < -0.3 is 4.98 Å². The van der Waals surface area contributed by atoms with Gasteiger partial charge in [0.25, 0.3) is 5.56 Å². The highest BCUT2D eigenvalue weighted by atomic mass is 35.5. The second-order valence-corrected chi connectivity index (χ2v) is 4.68. The average Bonchev–Trinajstić information content (AvgIpc) is 2.47. The number of halogens is 1. The zero-order chi connectivity index (χ0) is 13.2. The fourth-order valence-electron chi connectivity index (χ4n) is 2.00. The Morgan fingerprint density at radius 3 is 2.47 bits per heavy atom. The standard InChI is InChI=1S/C15H11ClN2O/c16-13(10-6-2-1-3-7-10)14-15(19)18-12-9-5-4-8-11(12)17-14/h1-9,13H,(H,18,19)/t13-/m1/s1. The molecule has 3 aromatic rings. The van der Waals surface area contributed by atoms with E-state index in [9.17, 15) is 4.79 Å². The van der Waals surface area contributed by atoms with E-state index in [1.165, 1.54) is 0 Å². The Balaban J connectivity index is 2.15. The second kappa shape index (κ2) is 4.86. The largest absolute Gasteiger partial charge is 0.319 e. The van der Waals surface area contributed by atoms with Crippen LogP contribution in [0, 0.1) is 0 Å². The molecule has 1 aromatic heterocycles. The van der Waals surface area contributed by atoms with Crippen LogP contribution in [0.1, 0.15) is 16.6 Å².